The van der Waals surface area contributed by atoms with Crippen LogP contribution in [0.15, 0.2) is 21.7 Å². The molecule has 3 N–H and O–H groups in total. The van der Waals surface area contributed by atoms with Crippen molar-refractivity contribution in [3.8, 4) is 0 Å². The highest BCUT2D eigenvalue weighted by atomic mass is 32.2. The molecule has 0 aromatic carbocycles. The SMILES string of the molecule is Cc1sc(NC(=O)C2CCCCN2S(=O)(=O)c2cccs2)c(C(N)=O)c1C. The van der Waals surface area contributed by atoms with E-state index in [0.29, 0.717) is 24.4 Å². The first kappa shape index (κ1) is 20.0. The van der Waals surface area contributed by atoms with Crippen LogP contribution in [0.25, 0.3) is 0 Å². The predicted octanol–water partition coefficient (Wildman–Crippen LogP) is 2.71. The first-order chi connectivity index (χ1) is 12.7. The zero-order valence-electron chi connectivity index (χ0n) is 15.0. The summed E-state index contributed by atoms with van der Waals surface area (Å²) in [6.45, 7) is 3.91. The molecule has 0 bridgehead atoms. The molecule has 3 rings (SSSR count). The van der Waals surface area contributed by atoms with Gasteiger partial charge in [-0.2, -0.15) is 4.31 Å². The molecule has 1 saturated heterocycles. The van der Waals surface area contributed by atoms with Crippen LogP contribution >= 0.6 is 22.7 Å². The lowest BCUT2D eigenvalue weighted by molar-refractivity contribution is -0.120. The normalized spacial score (nSPS) is 18.4. The van der Waals surface area contributed by atoms with Crippen molar-refractivity contribution in [3.63, 3.8) is 0 Å². The van der Waals surface area contributed by atoms with Crippen LogP contribution in [-0.4, -0.2) is 37.1 Å². The first-order valence-corrected chi connectivity index (χ1v) is 11.6. The number of nitrogens with zero attached hydrogens (tertiary/aromatic N) is 1. The second-order valence-corrected chi connectivity index (χ2v) is 10.7. The summed E-state index contributed by atoms with van der Waals surface area (Å²) in [7, 11) is -3.73. The molecule has 7 nitrogen and oxygen atoms in total. The minimum Gasteiger partial charge on any atom is -0.365 e. The van der Waals surface area contributed by atoms with Crippen LogP contribution in [0.3, 0.4) is 0 Å². The number of hydrogen-bond acceptors (Lipinski definition) is 6. The molecule has 2 amide bonds. The van der Waals surface area contributed by atoms with Crippen molar-refractivity contribution in [1.29, 1.82) is 0 Å². The molecule has 1 unspecified atom stereocenters. The van der Waals surface area contributed by atoms with Crippen molar-refractivity contribution in [1.82, 2.24) is 4.31 Å². The summed E-state index contributed by atoms with van der Waals surface area (Å²) in [5.41, 5.74) is 6.47. The third kappa shape index (κ3) is 3.79. The van der Waals surface area contributed by atoms with E-state index in [1.165, 1.54) is 15.6 Å². The van der Waals surface area contributed by atoms with Crippen molar-refractivity contribution in [2.75, 3.05) is 11.9 Å². The molecule has 1 fully saturated rings. The van der Waals surface area contributed by atoms with Crippen molar-refractivity contribution >= 4 is 49.5 Å². The second-order valence-electron chi connectivity index (χ2n) is 6.40. The van der Waals surface area contributed by atoms with E-state index in [1.54, 1.807) is 24.4 Å². The number of anilines is 1. The number of sulfonamides is 1. The van der Waals surface area contributed by atoms with E-state index in [4.69, 9.17) is 5.73 Å². The average molecular weight is 428 g/mol. The number of carbonyl (C=O) groups is 2. The predicted molar refractivity (Wildman–Crippen MR) is 107 cm³/mol. The first-order valence-electron chi connectivity index (χ1n) is 8.49. The van der Waals surface area contributed by atoms with E-state index in [-0.39, 0.29) is 9.77 Å². The summed E-state index contributed by atoms with van der Waals surface area (Å²) < 4.78 is 27.4. The van der Waals surface area contributed by atoms with Gasteiger partial charge in [0.15, 0.2) is 0 Å². The van der Waals surface area contributed by atoms with Crippen molar-refractivity contribution in [2.45, 2.75) is 43.4 Å². The minimum atomic E-state index is -3.73. The van der Waals surface area contributed by atoms with Gasteiger partial charge in [-0.25, -0.2) is 8.42 Å². The quantitative estimate of drug-likeness (QED) is 0.764. The van der Waals surface area contributed by atoms with Gasteiger partial charge in [0, 0.05) is 11.4 Å². The molecule has 27 heavy (non-hydrogen) atoms. The smallest absolute Gasteiger partial charge is 0.253 e. The fraction of sp³-hybridized carbons (Fsp3) is 0.412. The van der Waals surface area contributed by atoms with Gasteiger partial charge in [0.2, 0.25) is 5.91 Å². The van der Waals surface area contributed by atoms with Gasteiger partial charge in [0.25, 0.3) is 15.9 Å². The van der Waals surface area contributed by atoms with Crippen LogP contribution in [0.4, 0.5) is 5.00 Å². The van der Waals surface area contributed by atoms with Crippen molar-refractivity contribution in [2.24, 2.45) is 5.73 Å². The summed E-state index contributed by atoms with van der Waals surface area (Å²) in [4.78, 5) is 25.6. The van der Waals surface area contributed by atoms with E-state index in [0.717, 1.165) is 28.2 Å². The van der Waals surface area contributed by atoms with Gasteiger partial charge in [-0.15, -0.1) is 22.7 Å². The Balaban J connectivity index is 1.89. The lowest BCUT2D eigenvalue weighted by Crippen LogP contribution is -2.49. The molecule has 0 radical (unpaired) electrons. The third-order valence-corrected chi connectivity index (χ3v) is 9.09. The number of piperidine rings is 1. The summed E-state index contributed by atoms with van der Waals surface area (Å²) in [6.07, 6.45) is 1.91. The standard InChI is InChI=1S/C17H21N3O4S3/c1-10-11(2)26-17(14(10)15(18)21)19-16(22)12-6-3-4-8-20(12)27(23,24)13-7-5-9-25-13/h5,7,9,12H,3-4,6,8H2,1-2H3,(H2,18,21)(H,19,22). The fourth-order valence-electron chi connectivity index (χ4n) is 3.19. The Kier molecular flexibility index (Phi) is 5.71. The molecule has 0 spiro atoms. The number of primary amides is 1. The van der Waals surface area contributed by atoms with E-state index in [9.17, 15) is 18.0 Å². The Morgan fingerprint density at radius 2 is 2.04 bits per heavy atom. The molecule has 1 aliphatic heterocycles. The number of aryl methyl sites for hydroxylation is 1. The van der Waals surface area contributed by atoms with Gasteiger partial charge >= 0.3 is 0 Å². The number of amides is 2. The number of rotatable bonds is 5. The summed E-state index contributed by atoms with van der Waals surface area (Å²) in [5, 5.41) is 4.82. The van der Waals surface area contributed by atoms with Crippen molar-refractivity contribution in [3.05, 3.63) is 33.5 Å². The average Bonchev–Trinajstić information content (AvgIpc) is 3.24. The van der Waals surface area contributed by atoms with Gasteiger partial charge < -0.3 is 11.1 Å². The summed E-state index contributed by atoms with van der Waals surface area (Å²) in [5.74, 6) is -1.04. The fourth-order valence-corrected chi connectivity index (χ4v) is 7.03. The highest BCUT2D eigenvalue weighted by Crippen LogP contribution is 2.33. The molecule has 1 atom stereocenters. The molecule has 146 valence electrons. The largest absolute Gasteiger partial charge is 0.365 e. The molecule has 1 aliphatic rings. The lowest BCUT2D eigenvalue weighted by atomic mass is 10.0. The highest BCUT2D eigenvalue weighted by Gasteiger charge is 2.38. The lowest BCUT2D eigenvalue weighted by Gasteiger charge is -2.33. The number of nitrogens with one attached hydrogen (secondary N) is 1. The maximum atomic E-state index is 12.9. The van der Waals surface area contributed by atoms with Gasteiger partial charge in [0.1, 0.15) is 15.3 Å². The summed E-state index contributed by atoms with van der Waals surface area (Å²) in [6, 6.07) is 2.41. The van der Waals surface area contributed by atoms with E-state index >= 15 is 0 Å². The van der Waals surface area contributed by atoms with Crippen LogP contribution < -0.4 is 11.1 Å². The van der Waals surface area contributed by atoms with Crippen LogP contribution in [0.5, 0.6) is 0 Å². The second kappa shape index (κ2) is 7.70. The number of thiophene rings is 2. The molecule has 3 heterocycles. The molecular weight excluding hydrogens is 406 g/mol. The highest BCUT2D eigenvalue weighted by molar-refractivity contribution is 7.91. The zero-order valence-corrected chi connectivity index (χ0v) is 17.5. The molecule has 10 heteroatoms. The Morgan fingerprint density at radius 3 is 2.67 bits per heavy atom. The molecule has 0 saturated carbocycles. The Labute approximate surface area is 166 Å². The van der Waals surface area contributed by atoms with Crippen LogP contribution in [-0.2, 0) is 14.8 Å². The van der Waals surface area contributed by atoms with Gasteiger partial charge in [0.05, 0.1) is 5.56 Å². The summed E-state index contributed by atoms with van der Waals surface area (Å²) >= 11 is 2.40. The van der Waals surface area contributed by atoms with Gasteiger partial charge in [-0.3, -0.25) is 9.59 Å². The maximum absolute atomic E-state index is 12.9. The number of nitrogens with two attached hydrogens (primary N) is 1. The van der Waals surface area contributed by atoms with E-state index in [1.807, 2.05) is 6.92 Å². The van der Waals surface area contributed by atoms with E-state index < -0.39 is 27.9 Å². The van der Waals surface area contributed by atoms with Crippen LogP contribution in [0.2, 0.25) is 0 Å². The Morgan fingerprint density at radius 1 is 1.30 bits per heavy atom. The Bertz CT molecular complexity index is 964. The number of carbonyl (C=O) groups excluding carboxylic acids is 2. The molecule has 0 aliphatic carbocycles. The van der Waals surface area contributed by atoms with Gasteiger partial charge in [-0.05, 0) is 43.7 Å². The van der Waals surface area contributed by atoms with Crippen LogP contribution in [0.1, 0.15) is 40.1 Å². The third-order valence-electron chi connectivity index (χ3n) is 4.68. The topological polar surface area (TPSA) is 110 Å². The molecule has 2 aromatic heterocycles. The Hall–Kier alpha value is -1.75. The zero-order chi connectivity index (χ0) is 19.8. The van der Waals surface area contributed by atoms with Crippen molar-refractivity contribution < 1.29 is 18.0 Å². The monoisotopic (exact) mass is 427 g/mol. The molecular formula is C17H21N3O4S3. The number of hydrogen-bond donors (Lipinski definition) is 2. The van der Waals surface area contributed by atoms with Gasteiger partial charge in [-0.1, -0.05) is 12.5 Å². The minimum absolute atomic E-state index is 0.225. The molecule has 2 aromatic rings. The van der Waals surface area contributed by atoms with Crippen LogP contribution in [0, 0.1) is 13.8 Å². The van der Waals surface area contributed by atoms with E-state index in [2.05, 4.69) is 5.32 Å². The maximum Gasteiger partial charge on any atom is 0.253 e.